The lowest BCUT2D eigenvalue weighted by Gasteiger charge is -2.06. The summed E-state index contributed by atoms with van der Waals surface area (Å²) in [4.78, 5) is 0. The molecule has 1 aromatic rings. The van der Waals surface area contributed by atoms with Gasteiger partial charge in [0.05, 0.1) is 6.61 Å². The summed E-state index contributed by atoms with van der Waals surface area (Å²) in [5.74, 6) is 0.951. The lowest BCUT2D eigenvalue weighted by Crippen LogP contribution is -1.96. The van der Waals surface area contributed by atoms with Crippen LogP contribution in [0.3, 0.4) is 0 Å². The molecule has 78 valence electrons. The van der Waals surface area contributed by atoms with E-state index in [1.54, 1.807) is 0 Å². The van der Waals surface area contributed by atoms with Gasteiger partial charge in [0, 0.05) is 5.38 Å². The number of benzene rings is 1. The standard InChI is InChI=1S/C12H17ClO/c1-3-14-12-6-4-5-11(9-12)8-7-10(2)13/h4-6,9-10H,3,7-8H2,1-2H3. The van der Waals surface area contributed by atoms with Gasteiger partial charge in [0.1, 0.15) is 5.75 Å². The van der Waals surface area contributed by atoms with Crippen LogP contribution in [0, 0.1) is 0 Å². The Kier molecular flexibility index (Phi) is 4.81. The Bertz CT molecular complexity index is 271. The minimum atomic E-state index is 0.241. The fraction of sp³-hybridized carbons (Fsp3) is 0.500. The first-order chi connectivity index (χ1) is 6.72. The molecule has 2 heteroatoms. The molecule has 0 radical (unpaired) electrons. The number of halogens is 1. The molecule has 0 aliphatic carbocycles. The Hall–Kier alpha value is -0.690. The average Bonchev–Trinajstić information content (AvgIpc) is 2.16. The van der Waals surface area contributed by atoms with Crippen molar-refractivity contribution in [2.75, 3.05) is 6.61 Å². The van der Waals surface area contributed by atoms with Gasteiger partial charge >= 0.3 is 0 Å². The summed E-state index contributed by atoms with van der Waals surface area (Å²) in [6.45, 7) is 4.73. The van der Waals surface area contributed by atoms with E-state index in [0.717, 1.165) is 25.2 Å². The highest BCUT2D eigenvalue weighted by Gasteiger charge is 1.99. The van der Waals surface area contributed by atoms with Gasteiger partial charge in [0.2, 0.25) is 0 Å². The van der Waals surface area contributed by atoms with E-state index in [2.05, 4.69) is 12.1 Å². The molecule has 0 bridgehead atoms. The fourth-order valence-corrected chi connectivity index (χ4v) is 1.43. The van der Waals surface area contributed by atoms with E-state index in [9.17, 15) is 0 Å². The molecule has 0 fully saturated rings. The van der Waals surface area contributed by atoms with Crippen molar-refractivity contribution in [3.63, 3.8) is 0 Å². The highest BCUT2D eigenvalue weighted by Crippen LogP contribution is 2.16. The second-order valence-corrected chi connectivity index (χ2v) is 4.14. The minimum Gasteiger partial charge on any atom is -0.494 e. The lowest BCUT2D eigenvalue weighted by atomic mass is 10.1. The second kappa shape index (κ2) is 5.92. The zero-order chi connectivity index (χ0) is 10.4. The molecule has 1 aromatic carbocycles. The van der Waals surface area contributed by atoms with Crippen molar-refractivity contribution in [2.45, 2.75) is 32.1 Å². The molecule has 0 spiro atoms. The number of alkyl halides is 1. The van der Waals surface area contributed by atoms with E-state index >= 15 is 0 Å². The predicted octanol–water partition coefficient (Wildman–Crippen LogP) is 3.65. The molecule has 0 amide bonds. The van der Waals surface area contributed by atoms with Gasteiger partial charge in [-0.1, -0.05) is 12.1 Å². The van der Waals surface area contributed by atoms with Crippen LogP contribution in [0.1, 0.15) is 25.8 Å². The summed E-state index contributed by atoms with van der Waals surface area (Å²) in [6.07, 6.45) is 2.03. The maximum absolute atomic E-state index is 5.90. The fourth-order valence-electron chi connectivity index (χ4n) is 1.32. The van der Waals surface area contributed by atoms with Gasteiger partial charge in [0.15, 0.2) is 0 Å². The maximum atomic E-state index is 5.90. The van der Waals surface area contributed by atoms with E-state index < -0.39 is 0 Å². The summed E-state index contributed by atoms with van der Waals surface area (Å²) >= 11 is 5.90. The normalized spacial score (nSPS) is 12.5. The highest BCUT2D eigenvalue weighted by atomic mass is 35.5. The summed E-state index contributed by atoms with van der Waals surface area (Å²) in [5, 5.41) is 0.241. The molecule has 1 rings (SSSR count). The molecule has 1 atom stereocenters. The van der Waals surface area contributed by atoms with E-state index in [4.69, 9.17) is 16.3 Å². The number of aryl methyl sites for hydroxylation is 1. The molecular weight excluding hydrogens is 196 g/mol. The lowest BCUT2D eigenvalue weighted by molar-refractivity contribution is 0.340. The third-order valence-electron chi connectivity index (χ3n) is 2.04. The first-order valence-corrected chi connectivity index (χ1v) is 5.52. The average molecular weight is 213 g/mol. The number of hydrogen-bond acceptors (Lipinski definition) is 1. The topological polar surface area (TPSA) is 9.23 Å². The maximum Gasteiger partial charge on any atom is 0.119 e. The van der Waals surface area contributed by atoms with Crippen LogP contribution in [0.25, 0.3) is 0 Å². The molecule has 0 heterocycles. The molecular formula is C12H17ClO. The molecule has 1 nitrogen and oxygen atoms in total. The zero-order valence-electron chi connectivity index (χ0n) is 8.79. The Balaban J connectivity index is 2.54. The van der Waals surface area contributed by atoms with Crippen molar-refractivity contribution in [2.24, 2.45) is 0 Å². The van der Waals surface area contributed by atoms with E-state index in [-0.39, 0.29) is 5.38 Å². The highest BCUT2D eigenvalue weighted by molar-refractivity contribution is 6.20. The molecule has 0 aliphatic heterocycles. The largest absolute Gasteiger partial charge is 0.494 e. The van der Waals surface area contributed by atoms with Gasteiger partial charge < -0.3 is 4.74 Å². The molecule has 0 aromatic heterocycles. The summed E-state index contributed by atoms with van der Waals surface area (Å²) in [7, 11) is 0. The van der Waals surface area contributed by atoms with Crippen LogP contribution < -0.4 is 4.74 Å². The number of ether oxygens (including phenoxy) is 1. The van der Waals surface area contributed by atoms with Gasteiger partial charge in [-0.15, -0.1) is 11.6 Å². The van der Waals surface area contributed by atoms with Crippen molar-refractivity contribution in [1.82, 2.24) is 0 Å². The van der Waals surface area contributed by atoms with Crippen LogP contribution in [-0.4, -0.2) is 12.0 Å². The molecule has 0 saturated heterocycles. The van der Waals surface area contributed by atoms with Crippen LogP contribution in [0.4, 0.5) is 0 Å². The number of hydrogen-bond donors (Lipinski definition) is 0. The van der Waals surface area contributed by atoms with Crippen molar-refractivity contribution in [3.05, 3.63) is 29.8 Å². The first kappa shape index (κ1) is 11.4. The van der Waals surface area contributed by atoms with Gasteiger partial charge in [0.25, 0.3) is 0 Å². The van der Waals surface area contributed by atoms with Gasteiger partial charge in [-0.2, -0.15) is 0 Å². The molecule has 0 N–H and O–H groups in total. The number of rotatable bonds is 5. The van der Waals surface area contributed by atoms with E-state index in [1.165, 1.54) is 5.56 Å². The van der Waals surface area contributed by atoms with Crippen molar-refractivity contribution >= 4 is 11.6 Å². The third-order valence-corrected chi connectivity index (χ3v) is 2.26. The monoisotopic (exact) mass is 212 g/mol. The van der Waals surface area contributed by atoms with Crippen molar-refractivity contribution in [1.29, 1.82) is 0 Å². The Labute approximate surface area is 91.0 Å². The smallest absolute Gasteiger partial charge is 0.119 e. The van der Waals surface area contributed by atoms with Crippen LogP contribution in [0.5, 0.6) is 5.75 Å². The van der Waals surface area contributed by atoms with Crippen molar-refractivity contribution < 1.29 is 4.74 Å². The Morgan fingerprint density at radius 3 is 2.86 bits per heavy atom. The summed E-state index contributed by atoms with van der Waals surface area (Å²) in [5.41, 5.74) is 1.29. The van der Waals surface area contributed by atoms with Crippen LogP contribution >= 0.6 is 11.6 Å². The van der Waals surface area contributed by atoms with Gasteiger partial charge in [-0.3, -0.25) is 0 Å². The van der Waals surface area contributed by atoms with Gasteiger partial charge in [-0.05, 0) is 44.4 Å². The molecule has 0 aliphatic rings. The van der Waals surface area contributed by atoms with Crippen LogP contribution in [0.15, 0.2) is 24.3 Å². The molecule has 1 unspecified atom stereocenters. The second-order valence-electron chi connectivity index (χ2n) is 3.40. The molecule has 0 saturated carbocycles. The zero-order valence-corrected chi connectivity index (χ0v) is 9.55. The Morgan fingerprint density at radius 2 is 2.21 bits per heavy atom. The SMILES string of the molecule is CCOc1cccc(CCC(C)Cl)c1. The van der Waals surface area contributed by atoms with E-state index in [1.807, 2.05) is 26.0 Å². The predicted molar refractivity (Wildman–Crippen MR) is 61.2 cm³/mol. The summed E-state index contributed by atoms with van der Waals surface area (Å²) < 4.78 is 5.42. The summed E-state index contributed by atoms with van der Waals surface area (Å²) in [6, 6.07) is 8.21. The quantitative estimate of drug-likeness (QED) is 0.678. The van der Waals surface area contributed by atoms with Crippen molar-refractivity contribution in [3.8, 4) is 5.75 Å². The van der Waals surface area contributed by atoms with E-state index in [0.29, 0.717) is 0 Å². The third kappa shape index (κ3) is 4.01. The van der Waals surface area contributed by atoms with Crippen LogP contribution in [0.2, 0.25) is 0 Å². The Morgan fingerprint density at radius 1 is 1.43 bits per heavy atom. The van der Waals surface area contributed by atoms with Crippen LogP contribution in [-0.2, 0) is 6.42 Å². The van der Waals surface area contributed by atoms with Gasteiger partial charge in [-0.25, -0.2) is 0 Å². The minimum absolute atomic E-state index is 0.241. The first-order valence-electron chi connectivity index (χ1n) is 5.08. The molecule has 14 heavy (non-hydrogen) atoms.